The maximum Gasteiger partial charge on any atom is 0.221 e. The lowest BCUT2D eigenvalue weighted by Gasteiger charge is -2.34. The van der Waals surface area contributed by atoms with E-state index in [-0.39, 0.29) is 34.6 Å². The summed E-state index contributed by atoms with van der Waals surface area (Å²) in [5.74, 6) is -0.652. The summed E-state index contributed by atoms with van der Waals surface area (Å²) < 4.78 is 18.2. The van der Waals surface area contributed by atoms with Crippen molar-refractivity contribution in [2.24, 2.45) is 0 Å². The smallest absolute Gasteiger partial charge is 0.221 e. The van der Waals surface area contributed by atoms with Crippen molar-refractivity contribution in [3.63, 3.8) is 0 Å². The maximum absolute atomic E-state index is 12.5. The molecule has 1 aliphatic heterocycles. The largest absolute Gasteiger partial charge is 0.453 e. The van der Waals surface area contributed by atoms with E-state index in [0.717, 1.165) is 36.5 Å². The van der Waals surface area contributed by atoms with E-state index in [4.69, 9.17) is 14.2 Å². The van der Waals surface area contributed by atoms with Crippen LogP contribution in [0.25, 0.3) is 0 Å². The molecular formula is C30H17NO7. The molecule has 3 aromatic carbocycles. The summed E-state index contributed by atoms with van der Waals surface area (Å²) in [4.78, 5) is 50.8. The number of ether oxygens (including phenoxy) is 3. The molecule has 8 nitrogen and oxygen atoms in total. The number of hydrogen-bond donors (Lipinski definition) is 0. The van der Waals surface area contributed by atoms with Crippen LogP contribution < -0.4 is 19.1 Å². The molecular weight excluding hydrogens is 486 g/mol. The highest BCUT2D eigenvalue weighted by Gasteiger charge is 2.32. The minimum atomic E-state index is -0.481. The van der Waals surface area contributed by atoms with Gasteiger partial charge in [-0.25, -0.2) is 0 Å². The lowest BCUT2D eigenvalue weighted by molar-refractivity contribution is -0.116. The van der Waals surface area contributed by atoms with Crippen molar-refractivity contribution >= 4 is 40.2 Å². The van der Waals surface area contributed by atoms with Crippen LogP contribution in [0.5, 0.6) is 23.0 Å². The van der Waals surface area contributed by atoms with E-state index in [1.807, 2.05) is 41.3 Å². The second-order valence-electron chi connectivity index (χ2n) is 8.40. The van der Waals surface area contributed by atoms with Crippen LogP contribution >= 0.6 is 0 Å². The maximum atomic E-state index is 12.5. The van der Waals surface area contributed by atoms with Crippen LogP contribution in [0.15, 0.2) is 115 Å². The van der Waals surface area contributed by atoms with Gasteiger partial charge in [-0.1, -0.05) is 30.3 Å². The zero-order chi connectivity index (χ0) is 26.2. The monoisotopic (exact) mass is 503 g/mol. The Bertz CT molecular complexity index is 1560. The van der Waals surface area contributed by atoms with Gasteiger partial charge in [0.15, 0.2) is 46.1 Å². The molecule has 0 aromatic heterocycles. The molecule has 0 bridgehead atoms. The zero-order valence-electron chi connectivity index (χ0n) is 19.6. The Morgan fingerprint density at radius 3 is 1.53 bits per heavy atom. The van der Waals surface area contributed by atoms with E-state index in [9.17, 15) is 19.2 Å². The standard InChI is InChI=1S/C30H17NO7/c32-18-12-14-22(34)28(16-18)37-26-10-5-11-27(38-29-17-19(33)13-15-23(29)35)30(26)31-20-6-1-3-8-24(20)36-25-9-4-2-7-21(25)31/h1-17H. The van der Waals surface area contributed by atoms with Gasteiger partial charge in [-0.2, -0.15) is 0 Å². The van der Waals surface area contributed by atoms with Gasteiger partial charge in [0.05, 0.1) is 11.4 Å². The topological polar surface area (TPSA) is 99.2 Å². The van der Waals surface area contributed by atoms with E-state index >= 15 is 0 Å². The number of carbonyl (C=O) groups is 4. The molecule has 6 rings (SSSR count). The lowest BCUT2D eigenvalue weighted by atomic mass is 10.1. The number of hydrogen-bond acceptors (Lipinski definition) is 8. The Hall–Kier alpha value is -5.50. The van der Waals surface area contributed by atoms with Gasteiger partial charge in [-0.05, 0) is 60.7 Å². The molecule has 3 aliphatic rings. The van der Waals surface area contributed by atoms with E-state index in [0.29, 0.717) is 28.6 Å². The van der Waals surface area contributed by atoms with Crippen molar-refractivity contribution < 1.29 is 33.4 Å². The fraction of sp³-hybridized carbons (Fsp3) is 0. The molecule has 0 saturated heterocycles. The van der Waals surface area contributed by atoms with E-state index in [2.05, 4.69) is 0 Å². The normalized spacial score (nSPS) is 15.8. The summed E-state index contributed by atoms with van der Waals surface area (Å²) in [6, 6.07) is 19.4. The Kier molecular flexibility index (Phi) is 5.54. The average molecular weight is 503 g/mol. The number of para-hydroxylation sites is 5. The fourth-order valence-corrected chi connectivity index (χ4v) is 4.21. The summed E-state index contributed by atoms with van der Waals surface area (Å²) in [6.45, 7) is 0. The number of ketones is 4. The number of anilines is 3. The third-order valence-electron chi connectivity index (χ3n) is 5.89. The molecule has 0 unspecified atom stereocenters. The molecule has 38 heavy (non-hydrogen) atoms. The molecule has 0 N–H and O–H groups in total. The number of rotatable bonds is 5. The molecule has 0 fully saturated rings. The predicted octanol–water partition coefficient (Wildman–Crippen LogP) is 5.20. The van der Waals surface area contributed by atoms with Gasteiger partial charge in [0.25, 0.3) is 0 Å². The van der Waals surface area contributed by atoms with Crippen LogP contribution in [-0.2, 0) is 19.2 Å². The van der Waals surface area contributed by atoms with E-state index in [1.54, 1.807) is 30.3 Å². The Morgan fingerprint density at radius 1 is 0.553 bits per heavy atom. The van der Waals surface area contributed by atoms with Crippen molar-refractivity contribution in [2.75, 3.05) is 4.90 Å². The third kappa shape index (κ3) is 4.10. The molecule has 184 valence electrons. The summed E-state index contributed by atoms with van der Waals surface area (Å²) in [6.07, 6.45) is 6.82. The quantitative estimate of drug-likeness (QED) is 0.343. The molecule has 0 amide bonds. The highest BCUT2D eigenvalue weighted by molar-refractivity contribution is 6.17. The third-order valence-corrected chi connectivity index (χ3v) is 5.89. The first-order chi connectivity index (χ1) is 18.5. The number of nitrogens with zero attached hydrogens (tertiary/aromatic N) is 1. The fourth-order valence-electron chi connectivity index (χ4n) is 4.21. The summed E-state index contributed by atoms with van der Waals surface area (Å²) in [7, 11) is 0. The number of carbonyl (C=O) groups excluding carboxylic acids is 4. The average Bonchev–Trinajstić information content (AvgIpc) is 2.92. The second-order valence-corrected chi connectivity index (χ2v) is 8.40. The summed E-state index contributed by atoms with van der Waals surface area (Å²) in [5.41, 5.74) is 1.58. The van der Waals surface area contributed by atoms with Gasteiger partial charge in [0.1, 0.15) is 5.69 Å². The molecule has 1 heterocycles. The van der Waals surface area contributed by atoms with Crippen molar-refractivity contribution in [3.05, 3.63) is 115 Å². The first-order valence-electron chi connectivity index (χ1n) is 11.6. The summed E-state index contributed by atoms with van der Waals surface area (Å²) >= 11 is 0. The summed E-state index contributed by atoms with van der Waals surface area (Å²) in [5, 5.41) is 0. The Labute approximate surface area is 216 Å². The highest BCUT2D eigenvalue weighted by Crippen LogP contribution is 2.55. The van der Waals surface area contributed by atoms with E-state index < -0.39 is 11.6 Å². The minimum Gasteiger partial charge on any atom is -0.453 e. The van der Waals surface area contributed by atoms with Gasteiger partial charge >= 0.3 is 0 Å². The van der Waals surface area contributed by atoms with Crippen LogP contribution in [0.2, 0.25) is 0 Å². The van der Waals surface area contributed by atoms with Gasteiger partial charge in [0, 0.05) is 12.2 Å². The van der Waals surface area contributed by atoms with Gasteiger partial charge < -0.3 is 14.2 Å². The molecule has 8 heteroatoms. The SMILES string of the molecule is O=C1C=CC(=O)C(Oc2cccc(OC3=CC(=O)C=CC3=O)c2N2c3ccccc3Oc3ccccc32)=C1. The van der Waals surface area contributed by atoms with Crippen molar-refractivity contribution in [3.8, 4) is 23.0 Å². The van der Waals surface area contributed by atoms with Gasteiger partial charge in [-0.15, -0.1) is 0 Å². The minimum absolute atomic E-state index is 0.169. The van der Waals surface area contributed by atoms with Crippen LogP contribution in [0, 0.1) is 0 Å². The van der Waals surface area contributed by atoms with E-state index in [1.165, 1.54) is 0 Å². The van der Waals surface area contributed by atoms with Crippen LogP contribution in [-0.4, -0.2) is 23.1 Å². The van der Waals surface area contributed by atoms with Crippen LogP contribution in [0.1, 0.15) is 0 Å². The zero-order valence-corrected chi connectivity index (χ0v) is 19.6. The lowest BCUT2D eigenvalue weighted by Crippen LogP contribution is -2.20. The number of benzene rings is 3. The van der Waals surface area contributed by atoms with Gasteiger partial charge in [0.2, 0.25) is 11.6 Å². The highest BCUT2D eigenvalue weighted by atomic mass is 16.5. The molecule has 3 aromatic rings. The number of fused-ring (bicyclic) bond motifs is 2. The Morgan fingerprint density at radius 2 is 1.03 bits per heavy atom. The molecule has 0 saturated carbocycles. The predicted molar refractivity (Wildman–Crippen MR) is 137 cm³/mol. The molecule has 0 radical (unpaired) electrons. The molecule has 0 spiro atoms. The number of allylic oxidation sites excluding steroid dienone is 6. The first-order valence-corrected chi connectivity index (χ1v) is 11.6. The van der Waals surface area contributed by atoms with Crippen molar-refractivity contribution in [1.82, 2.24) is 0 Å². The molecule has 2 aliphatic carbocycles. The second kappa shape index (κ2) is 9.18. The van der Waals surface area contributed by atoms with Crippen LogP contribution in [0.4, 0.5) is 17.1 Å². The van der Waals surface area contributed by atoms with Crippen molar-refractivity contribution in [2.45, 2.75) is 0 Å². The van der Waals surface area contributed by atoms with Gasteiger partial charge in [-0.3, -0.25) is 24.1 Å². The first kappa shape index (κ1) is 22.9. The molecule has 0 atom stereocenters. The van der Waals surface area contributed by atoms with Crippen LogP contribution in [0.3, 0.4) is 0 Å². The van der Waals surface area contributed by atoms with Crippen molar-refractivity contribution in [1.29, 1.82) is 0 Å². The Balaban J connectivity index is 1.56.